The zero-order chi connectivity index (χ0) is 13.1. The Hall–Kier alpha value is -0.960. The lowest BCUT2D eigenvalue weighted by atomic mass is 10.0. The molecule has 0 radical (unpaired) electrons. The molecule has 0 fully saturated rings. The molecule has 0 bridgehead atoms. The van der Waals surface area contributed by atoms with Gasteiger partial charge in [-0.3, -0.25) is 0 Å². The number of benzene rings is 1. The summed E-state index contributed by atoms with van der Waals surface area (Å²) in [7, 11) is 0. The standard InChI is InChI=1S/C14H21F2N/c1-10(2)8-17-9-14(15,16)13-6-5-11(3)12(4)7-13/h5-7,10,17H,8-9H2,1-4H3. The zero-order valence-corrected chi connectivity index (χ0v) is 11.0. The Balaban J connectivity index is 2.71. The van der Waals surface area contributed by atoms with Gasteiger partial charge in [-0.05, 0) is 43.5 Å². The van der Waals surface area contributed by atoms with Gasteiger partial charge in [0, 0.05) is 5.56 Å². The molecule has 0 unspecified atom stereocenters. The highest BCUT2D eigenvalue weighted by atomic mass is 19.3. The fraction of sp³-hybridized carbons (Fsp3) is 0.571. The lowest BCUT2D eigenvalue weighted by Gasteiger charge is -2.19. The monoisotopic (exact) mass is 241 g/mol. The Morgan fingerprint density at radius 2 is 1.82 bits per heavy atom. The lowest BCUT2D eigenvalue weighted by molar-refractivity contribution is -0.00359. The van der Waals surface area contributed by atoms with Gasteiger partial charge in [0.1, 0.15) is 0 Å². The van der Waals surface area contributed by atoms with Gasteiger partial charge in [0.15, 0.2) is 0 Å². The summed E-state index contributed by atoms with van der Waals surface area (Å²) >= 11 is 0. The van der Waals surface area contributed by atoms with Crippen molar-refractivity contribution < 1.29 is 8.78 Å². The molecule has 0 amide bonds. The van der Waals surface area contributed by atoms with Crippen LogP contribution in [-0.4, -0.2) is 13.1 Å². The molecule has 0 aliphatic rings. The smallest absolute Gasteiger partial charge is 0.285 e. The van der Waals surface area contributed by atoms with Gasteiger partial charge in [0.05, 0.1) is 6.54 Å². The summed E-state index contributed by atoms with van der Waals surface area (Å²) in [5.74, 6) is -2.42. The fourth-order valence-corrected chi connectivity index (χ4v) is 1.59. The van der Waals surface area contributed by atoms with Crippen LogP contribution in [0.25, 0.3) is 0 Å². The Bertz CT molecular complexity index is 372. The number of hydrogen-bond acceptors (Lipinski definition) is 1. The molecule has 17 heavy (non-hydrogen) atoms. The second-order valence-corrected chi connectivity index (χ2v) is 5.03. The molecule has 0 heterocycles. The highest BCUT2D eigenvalue weighted by Crippen LogP contribution is 2.28. The molecule has 0 spiro atoms. The van der Waals surface area contributed by atoms with Crippen molar-refractivity contribution in [3.63, 3.8) is 0 Å². The van der Waals surface area contributed by atoms with Crippen molar-refractivity contribution in [2.75, 3.05) is 13.1 Å². The number of alkyl halides is 2. The van der Waals surface area contributed by atoms with E-state index in [1.54, 1.807) is 12.1 Å². The minimum Gasteiger partial charge on any atom is -0.311 e. The van der Waals surface area contributed by atoms with Crippen LogP contribution >= 0.6 is 0 Å². The van der Waals surface area contributed by atoms with Crippen LogP contribution in [0, 0.1) is 19.8 Å². The average molecular weight is 241 g/mol. The molecule has 3 heteroatoms. The number of nitrogens with one attached hydrogen (secondary N) is 1. The topological polar surface area (TPSA) is 12.0 Å². The van der Waals surface area contributed by atoms with E-state index in [-0.39, 0.29) is 12.1 Å². The van der Waals surface area contributed by atoms with Crippen molar-refractivity contribution in [1.29, 1.82) is 0 Å². The molecule has 0 saturated heterocycles. The third kappa shape index (κ3) is 4.08. The lowest BCUT2D eigenvalue weighted by Crippen LogP contribution is -2.33. The number of halogens is 2. The van der Waals surface area contributed by atoms with Gasteiger partial charge in [-0.1, -0.05) is 26.0 Å². The van der Waals surface area contributed by atoms with Crippen molar-refractivity contribution in [3.8, 4) is 0 Å². The maximum absolute atomic E-state index is 13.9. The van der Waals surface area contributed by atoms with Crippen molar-refractivity contribution in [2.45, 2.75) is 33.6 Å². The van der Waals surface area contributed by atoms with Crippen LogP contribution in [0.15, 0.2) is 18.2 Å². The molecule has 0 aliphatic heterocycles. The van der Waals surface area contributed by atoms with Crippen molar-refractivity contribution >= 4 is 0 Å². The molecule has 1 nitrogen and oxygen atoms in total. The van der Waals surface area contributed by atoms with Gasteiger partial charge in [-0.15, -0.1) is 0 Å². The first-order valence-electron chi connectivity index (χ1n) is 5.99. The van der Waals surface area contributed by atoms with Crippen LogP contribution in [0.4, 0.5) is 8.78 Å². The summed E-state index contributed by atoms with van der Waals surface area (Å²) < 4.78 is 27.7. The summed E-state index contributed by atoms with van der Waals surface area (Å²) in [6.07, 6.45) is 0. The average Bonchev–Trinajstić information content (AvgIpc) is 2.21. The molecule has 0 aromatic heterocycles. The normalized spacial score (nSPS) is 12.2. The highest BCUT2D eigenvalue weighted by Gasteiger charge is 2.31. The van der Waals surface area contributed by atoms with Crippen molar-refractivity contribution in [1.82, 2.24) is 5.32 Å². The van der Waals surface area contributed by atoms with E-state index in [1.165, 1.54) is 6.07 Å². The maximum atomic E-state index is 13.9. The van der Waals surface area contributed by atoms with Gasteiger partial charge < -0.3 is 5.32 Å². The van der Waals surface area contributed by atoms with Crippen LogP contribution in [-0.2, 0) is 5.92 Å². The molecule has 0 atom stereocenters. The van der Waals surface area contributed by atoms with E-state index in [1.807, 2.05) is 27.7 Å². The SMILES string of the molecule is Cc1ccc(C(F)(F)CNCC(C)C)cc1C. The summed E-state index contributed by atoms with van der Waals surface area (Å²) in [5, 5.41) is 2.81. The second kappa shape index (κ2) is 5.58. The highest BCUT2D eigenvalue weighted by molar-refractivity contribution is 5.32. The Morgan fingerprint density at radius 3 is 2.35 bits per heavy atom. The number of rotatable bonds is 5. The Labute approximate surface area is 102 Å². The van der Waals surface area contributed by atoms with Crippen LogP contribution in [0.1, 0.15) is 30.5 Å². The summed E-state index contributed by atoms with van der Waals surface area (Å²) in [5.41, 5.74) is 2.04. The summed E-state index contributed by atoms with van der Waals surface area (Å²) in [6, 6.07) is 4.84. The van der Waals surface area contributed by atoms with Crippen LogP contribution in [0.3, 0.4) is 0 Å². The van der Waals surface area contributed by atoms with E-state index in [4.69, 9.17) is 0 Å². The van der Waals surface area contributed by atoms with E-state index in [9.17, 15) is 8.78 Å². The van der Waals surface area contributed by atoms with E-state index >= 15 is 0 Å². The molecule has 1 rings (SSSR count). The molecule has 1 aromatic carbocycles. The predicted octanol–water partition coefficient (Wildman–Crippen LogP) is 3.64. The first kappa shape index (κ1) is 14.1. The van der Waals surface area contributed by atoms with Crippen LogP contribution in [0.2, 0.25) is 0 Å². The number of aryl methyl sites for hydroxylation is 2. The van der Waals surface area contributed by atoms with E-state index in [0.717, 1.165) is 11.1 Å². The summed E-state index contributed by atoms with van der Waals surface area (Å²) in [4.78, 5) is 0. The van der Waals surface area contributed by atoms with Crippen molar-refractivity contribution in [2.24, 2.45) is 5.92 Å². The minimum atomic E-state index is -2.80. The molecule has 96 valence electrons. The van der Waals surface area contributed by atoms with Gasteiger partial charge >= 0.3 is 0 Å². The van der Waals surface area contributed by atoms with Gasteiger partial charge in [0.25, 0.3) is 5.92 Å². The van der Waals surface area contributed by atoms with Crippen molar-refractivity contribution in [3.05, 3.63) is 34.9 Å². The van der Waals surface area contributed by atoms with Gasteiger partial charge in [-0.2, -0.15) is 8.78 Å². The number of hydrogen-bond donors (Lipinski definition) is 1. The zero-order valence-electron chi connectivity index (χ0n) is 11.0. The Kier molecular flexibility index (Phi) is 4.63. The predicted molar refractivity (Wildman–Crippen MR) is 67.5 cm³/mol. The first-order valence-corrected chi connectivity index (χ1v) is 5.99. The summed E-state index contributed by atoms with van der Waals surface area (Å²) in [6.45, 7) is 8.10. The first-order chi connectivity index (χ1) is 7.83. The third-order valence-corrected chi connectivity index (χ3v) is 2.83. The molecule has 1 N–H and O–H groups in total. The Morgan fingerprint density at radius 1 is 1.18 bits per heavy atom. The third-order valence-electron chi connectivity index (χ3n) is 2.83. The van der Waals surface area contributed by atoms with E-state index in [0.29, 0.717) is 12.5 Å². The quantitative estimate of drug-likeness (QED) is 0.830. The van der Waals surface area contributed by atoms with Crippen LogP contribution < -0.4 is 5.32 Å². The fourth-order valence-electron chi connectivity index (χ4n) is 1.59. The van der Waals surface area contributed by atoms with Crippen LogP contribution in [0.5, 0.6) is 0 Å². The minimum absolute atomic E-state index is 0.0943. The molecule has 0 saturated carbocycles. The molecule has 1 aromatic rings. The van der Waals surface area contributed by atoms with Gasteiger partial charge in [0.2, 0.25) is 0 Å². The molecule has 0 aliphatic carbocycles. The molecular weight excluding hydrogens is 220 g/mol. The van der Waals surface area contributed by atoms with E-state index < -0.39 is 5.92 Å². The second-order valence-electron chi connectivity index (χ2n) is 5.03. The molecular formula is C14H21F2N. The largest absolute Gasteiger partial charge is 0.311 e. The van der Waals surface area contributed by atoms with E-state index in [2.05, 4.69) is 5.32 Å². The maximum Gasteiger partial charge on any atom is 0.285 e. The van der Waals surface area contributed by atoms with Gasteiger partial charge in [-0.25, -0.2) is 0 Å².